The molecule has 0 saturated carbocycles. The number of benzene rings is 3. The maximum absolute atomic E-state index is 13.3. The third-order valence-corrected chi connectivity index (χ3v) is 6.12. The van der Waals surface area contributed by atoms with Crippen LogP contribution in [0.1, 0.15) is 27.0 Å². The molecule has 8 nitrogen and oxygen atoms in total. The Balaban J connectivity index is 1.55. The van der Waals surface area contributed by atoms with Crippen LogP contribution in [-0.2, 0) is 30.5 Å². The predicted octanol–water partition coefficient (Wildman–Crippen LogP) is 4.49. The fraction of sp³-hybridized carbons (Fsp3) is 0.185. The van der Waals surface area contributed by atoms with Gasteiger partial charge in [0.05, 0.1) is 17.7 Å². The molecule has 0 saturated heterocycles. The lowest BCUT2D eigenvalue weighted by Gasteiger charge is -2.12. The average molecular weight is 559 g/mol. The number of rotatable bonds is 9. The van der Waals surface area contributed by atoms with Crippen LogP contribution in [-0.4, -0.2) is 37.9 Å². The monoisotopic (exact) mass is 558 g/mol. The maximum atomic E-state index is 13.3. The zero-order valence-corrected chi connectivity index (χ0v) is 21.0. The Labute approximate surface area is 225 Å². The molecule has 1 aromatic heterocycles. The van der Waals surface area contributed by atoms with E-state index in [1.165, 1.54) is 34.9 Å². The first-order valence-corrected chi connectivity index (χ1v) is 12.1. The molecule has 0 unspecified atom stereocenters. The number of hydrogen-bond acceptors (Lipinski definition) is 4. The first-order valence-electron chi connectivity index (χ1n) is 11.7. The molecule has 0 radical (unpaired) electrons. The Morgan fingerprint density at radius 1 is 1.00 bits per heavy atom. The van der Waals surface area contributed by atoms with Gasteiger partial charge in [0.15, 0.2) is 5.82 Å². The predicted molar refractivity (Wildman–Crippen MR) is 138 cm³/mol. The minimum absolute atomic E-state index is 0.0201. The van der Waals surface area contributed by atoms with Gasteiger partial charge in [0, 0.05) is 17.1 Å². The van der Waals surface area contributed by atoms with Crippen molar-refractivity contribution in [3.8, 4) is 11.4 Å². The van der Waals surface area contributed by atoms with Gasteiger partial charge in [0.1, 0.15) is 6.54 Å². The quantitative estimate of drug-likeness (QED) is 0.315. The summed E-state index contributed by atoms with van der Waals surface area (Å²) in [5.41, 5.74) is -0.242. The minimum atomic E-state index is -4.51. The zero-order chi connectivity index (χ0) is 28.2. The summed E-state index contributed by atoms with van der Waals surface area (Å²) in [6, 6.07) is 17.7. The van der Waals surface area contributed by atoms with Crippen LogP contribution >= 0.6 is 11.6 Å². The lowest BCUT2D eigenvalue weighted by molar-refractivity contribution is -0.138. The van der Waals surface area contributed by atoms with Crippen molar-refractivity contribution >= 4 is 23.5 Å². The molecule has 2 N–H and O–H groups in total. The van der Waals surface area contributed by atoms with Crippen LogP contribution in [0.5, 0.6) is 0 Å². The van der Waals surface area contributed by atoms with E-state index in [-0.39, 0.29) is 36.5 Å². The van der Waals surface area contributed by atoms with Gasteiger partial charge in [-0.15, -0.1) is 5.10 Å². The molecule has 0 spiro atoms. The van der Waals surface area contributed by atoms with Gasteiger partial charge >= 0.3 is 17.8 Å². The Kier molecular flexibility index (Phi) is 8.20. The second kappa shape index (κ2) is 11.6. The van der Waals surface area contributed by atoms with Crippen molar-refractivity contribution in [2.24, 2.45) is 0 Å². The van der Waals surface area contributed by atoms with Gasteiger partial charge in [-0.25, -0.2) is 14.3 Å². The topological polar surface area (TPSA) is 106 Å². The number of aromatic nitrogens is 3. The van der Waals surface area contributed by atoms with E-state index in [2.05, 4.69) is 10.4 Å². The molecule has 4 aromatic rings. The summed E-state index contributed by atoms with van der Waals surface area (Å²) < 4.78 is 41.9. The minimum Gasteiger partial charge on any atom is -0.478 e. The Morgan fingerprint density at radius 3 is 2.41 bits per heavy atom. The highest BCUT2D eigenvalue weighted by molar-refractivity contribution is 6.30. The van der Waals surface area contributed by atoms with Crippen LogP contribution in [0.15, 0.2) is 77.6 Å². The van der Waals surface area contributed by atoms with Crippen LogP contribution in [0, 0.1) is 0 Å². The van der Waals surface area contributed by atoms with E-state index < -0.39 is 35.9 Å². The van der Waals surface area contributed by atoms with E-state index in [9.17, 15) is 32.7 Å². The summed E-state index contributed by atoms with van der Waals surface area (Å²) in [5.74, 6) is -1.50. The second-order valence-corrected chi connectivity index (χ2v) is 9.05. The molecule has 1 amide bonds. The first-order chi connectivity index (χ1) is 18.5. The molecule has 0 aliphatic heterocycles. The van der Waals surface area contributed by atoms with E-state index in [1.807, 2.05) is 0 Å². The average Bonchev–Trinajstić information content (AvgIpc) is 3.19. The standard InChI is InChI=1S/C27H22ClF3N4O4/c28-21-10-8-19(9-11-21)24-33-35(26(39)34(24)15-17-4-3-6-20(14-17)25(37)38)16-23(36)32-13-12-18-5-1-2-7-22(18)27(29,30)31/h1-11,14H,12-13,15-16H2,(H,32,36)(H,37,38). The van der Waals surface area contributed by atoms with Gasteiger partial charge in [-0.1, -0.05) is 41.9 Å². The summed E-state index contributed by atoms with van der Waals surface area (Å²) in [4.78, 5) is 37.2. The van der Waals surface area contributed by atoms with Crippen molar-refractivity contribution in [3.05, 3.63) is 111 Å². The van der Waals surface area contributed by atoms with E-state index in [4.69, 9.17) is 11.6 Å². The second-order valence-electron chi connectivity index (χ2n) is 8.62. The lowest BCUT2D eigenvalue weighted by atomic mass is 10.0. The van der Waals surface area contributed by atoms with E-state index in [0.29, 0.717) is 16.1 Å². The number of nitrogens with one attached hydrogen (secondary N) is 1. The molecule has 3 aromatic carbocycles. The number of carboxylic acid groups (broad SMARTS) is 1. The SMILES string of the molecule is O=C(Cn1nc(-c2ccc(Cl)cc2)n(Cc2cccc(C(=O)O)c2)c1=O)NCCc1ccccc1C(F)(F)F. The number of hydrogen-bond donors (Lipinski definition) is 2. The van der Waals surface area contributed by atoms with Crippen molar-refractivity contribution in [1.82, 2.24) is 19.7 Å². The third kappa shape index (κ3) is 6.74. The van der Waals surface area contributed by atoms with Crippen LogP contribution < -0.4 is 11.0 Å². The van der Waals surface area contributed by atoms with Gasteiger partial charge < -0.3 is 10.4 Å². The van der Waals surface area contributed by atoms with Crippen molar-refractivity contribution < 1.29 is 27.9 Å². The molecule has 0 aliphatic carbocycles. The maximum Gasteiger partial charge on any atom is 0.416 e. The van der Waals surface area contributed by atoms with Crippen LogP contribution in [0.2, 0.25) is 5.02 Å². The number of amides is 1. The molecule has 39 heavy (non-hydrogen) atoms. The van der Waals surface area contributed by atoms with Crippen molar-refractivity contribution in [2.45, 2.75) is 25.7 Å². The van der Waals surface area contributed by atoms with Gasteiger partial charge in [0.25, 0.3) is 0 Å². The smallest absolute Gasteiger partial charge is 0.416 e. The number of nitrogens with zero attached hydrogens (tertiary/aromatic N) is 3. The van der Waals surface area contributed by atoms with Crippen LogP contribution in [0.4, 0.5) is 13.2 Å². The number of carbonyl (C=O) groups excluding carboxylic acids is 1. The number of carbonyl (C=O) groups is 2. The number of aromatic carboxylic acids is 1. The molecule has 12 heteroatoms. The number of alkyl halides is 3. The summed E-state index contributed by atoms with van der Waals surface area (Å²) in [6.07, 6.45) is -4.57. The molecule has 0 atom stereocenters. The summed E-state index contributed by atoms with van der Waals surface area (Å²) >= 11 is 5.98. The Hall–Kier alpha value is -4.38. The lowest BCUT2D eigenvalue weighted by Crippen LogP contribution is -2.34. The molecular formula is C27H22ClF3N4O4. The Bertz CT molecular complexity index is 1560. The van der Waals surface area contributed by atoms with Crippen molar-refractivity contribution in [2.75, 3.05) is 6.54 Å². The molecule has 1 heterocycles. The molecule has 202 valence electrons. The highest BCUT2D eigenvalue weighted by atomic mass is 35.5. The normalized spacial score (nSPS) is 11.4. The van der Waals surface area contributed by atoms with E-state index in [0.717, 1.165) is 10.7 Å². The van der Waals surface area contributed by atoms with Gasteiger partial charge in [-0.05, 0) is 60.0 Å². The summed E-state index contributed by atoms with van der Waals surface area (Å²) in [7, 11) is 0. The van der Waals surface area contributed by atoms with Crippen molar-refractivity contribution in [1.29, 1.82) is 0 Å². The summed E-state index contributed by atoms with van der Waals surface area (Å²) in [5, 5.41) is 16.6. The number of carboxylic acids is 1. The van der Waals surface area contributed by atoms with Crippen LogP contribution in [0.25, 0.3) is 11.4 Å². The first kappa shape index (κ1) is 27.6. The van der Waals surface area contributed by atoms with Gasteiger partial charge in [0.2, 0.25) is 5.91 Å². The highest BCUT2D eigenvalue weighted by Crippen LogP contribution is 2.31. The third-order valence-electron chi connectivity index (χ3n) is 5.87. The molecular weight excluding hydrogens is 537 g/mol. The molecule has 4 rings (SSSR count). The van der Waals surface area contributed by atoms with E-state index >= 15 is 0 Å². The molecule has 0 aliphatic rings. The highest BCUT2D eigenvalue weighted by Gasteiger charge is 2.32. The van der Waals surface area contributed by atoms with Gasteiger partial charge in [-0.3, -0.25) is 9.36 Å². The van der Waals surface area contributed by atoms with E-state index in [1.54, 1.807) is 36.4 Å². The largest absolute Gasteiger partial charge is 0.478 e. The van der Waals surface area contributed by atoms with Crippen LogP contribution in [0.3, 0.4) is 0 Å². The molecule has 0 fully saturated rings. The Morgan fingerprint density at radius 2 is 1.72 bits per heavy atom. The fourth-order valence-corrected chi connectivity index (χ4v) is 4.15. The fourth-order valence-electron chi connectivity index (χ4n) is 4.03. The van der Waals surface area contributed by atoms with Gasteiger partial charge in [-0.2, -0.15) is 13.2 Å². The van der Waals surface area contributed by atoms with Crippen molar-refractivity contribution in [3.63, 3.8) is 0 Å². The zero-order valence-electron chi connectivity index (χ0n) is 20.3. The molecule has 0 bridgehead atoms. The number of halogens is 4. The summed E-state index contributed by atoms with van der Waals surface area (Å²) in [6.45, 7) is -0.566.